The average Bonchev–Trinajstić information content (AvgIpc) is 3.35. The fourth-order valence-electron chi connectivity index (χ4n) is 3.80. The van der Waals surface area contributed by atoms with E-state index in [2.05, 4.69) is 24.8 Å². The van der Waals surface area contributed by atoms with Crippen molar-refractivity contribution in [2.24, 2.45) is 0 Å². The number of halogens is 3. The van der Waals surface area contributed by atoms with Crippen molar-refractivity contribution in [2.75, 3.05) is 0 Å². The lowest BCUT2D eigenvalue weighted by Crippen LogP contribution is -2.23. The minimum Gasteiger partial charge on any atom is -0.406 e. The van der Waals surface area contributed by atoms with Crippen LogP contribution in [0, 0.1) is 0 Å². The quantitative estimate of drug-likeness (QED) is 0.519. The molecule has 4 aromatic rings. The van der Waals surface area contributed by atoms with Crippen LogP contribution in [0.1, 0.15) is 29.4 Å². The summed E-state index contributed by atoms with van der Waals surface area (Å²) in [4.78, 5) is 32.4. The molecule has 0 spiro atoms. The predicted molar refractivity (Wildman–Crippen MR) is 103 cm³/mol. The van der Waals surface area contributed by atoms with Gasteiger partial charge in [-0.1, -0.05) is 12.1 Å². The van der Waals surface area contributed by atoms with Gasteiger partial charge in [-0.15, -0.1) is 13.2 Å². The number of fused-ring (bicyclic) bond motifs is 1. The maximum absolute atomic E-state index is 12.5. The lowest BCUT2D eigenvalue weighted by Gasteiger charge is -2.10. The van der Waals surface area contributed by atoms with E-state index in [1.54, 1.807) is 24.5 Å². The Hall–Kier alpha value is -3.89. The molecule has 0 aliphatic heterocycles. The van der Waals surface area contributed by atoms with Gasteiger partial charge in [0.2, 0.25) is 0 Å². The first-order valence-corrected chi connectivity index (χ1v) is 9.31. The molecule has 1 aliphatic rings. The molecule has 1 fully saturated rings. The first-order chi connectivity index (χ1) is 14.8. The monoisotopic (exact) mass is 429 g/mol. The van der Waals surface area contributed by atoms with Gasteiger partial charge in [0.25, 0.3) is 5.56 Å². The molecule has 2 N–H and O–H groups in total. The third kappa shape index (κ3) is 3.69. The van der Waals surface area contributed by atoms with Crippen LogP contribution in [0.5, 0.6) is 5.75 Å². The van der Waals surface area contributed by atoms with Crippen LogP contribution in [0.15, 0.2) is 58.5 Å². The van der Waals surface area contributed by atoms with Crippen molar-refractivity contribution in [1.29, 1.82) is 0 Å². The predicted octanol–water partition coefficient (Wildman–Crippen LogP) is 2.94. The van der Waals surface area contributed by atoms with E-state index in [9.17, 15) is 22.8 Å². The molecule has 0 saturated heterocycles. The highest BCUT2D eigenvalue weighted by atomic mass is 19.4. The van der Waals surface area contributed by atoms with Crippen LogP contribution in [0.25, 0.3) is 16.9 Å². The van der Waals surface area contributed by atoms with Crippen LogP contribution >= 0.6 is 0 Å². The molecule has 5 rings (SSSR count). The average molecular weight is 429 g/mol. The summed E-state index contributed by atoms with van der Waals surface area (Å²) in [5.41, 5.74) is 1.46. The maximum Gasteiger partial charge on any atom is 0.573 e. The topological polar surface area (TPSA) is 105 Å². The van der Waals surface area contributed by atoms with E-state index in [0.717, 1.165) is 11.1 Å². The van der Waals surface area contributed by atoms with Gasteiger partial charge in [0.1, 0.15) is 5.75 Å². The molecule has 3 heterocycles. The van der Waals surface area contributed by atoms with Crippen LogP contribution in [0.2, 0.25) is 0 Å². The third-order valence-corrected chi connectivity index (χ3v) is 5.19. The van der Waals surface area contributed by atoms with E-state index in [0.29, 0.717) is 17.8 Å². The lowest BCUT2D eigenvalue weighted by molar-refractivity contribution is -0.274. The zero-order valence-corrected chi connectivity index (χ0v) is 15.7. The van der Waals surface area contributed by atoms with Gasteiger partial charge in [-0.05, 0) is 42.0 Å². The summed E-state index contributed by atoms with van der Waals surface area (Å²) >= 11 is 0. The maximum atomic E-state index is 12.5. The smallest absolute Gasteiger partial charge is 0.406 e. The normalized spacial score (nSPS) is 18.3. The second kappa shape index (κ2) is 6.83. The number of nitrogens with one attached hydrogen (secondary N) is 2. The molecule has 3 aromatic heterocycles. The second-order valence-corrected chi connectivity index (χ2v) is 7.23. The Bertz CT molecular complexity index is 1410. The summed E-state index contributed by atoms with van der Waals surface area (Å²) in [6, 6.07) is 7.65. The minimum absolute atomic E-state index is 0.0189. The first kappa shape index (κ1) is 19.1. The zero-order valence-electron chi connectivity index (χ0n) is 15.7. The molecule has 0 bridgehead atoms. The Morgan fingerprint density at radius 2 is 2.00 bits per heavy atom. The summed E-state index contributed by atoms with van der Waals surface area (Å²) in [6.07, 6.45) is 0.439. The molecule has 0 amide bonds. The highest BCUT2D eigenvalue weighted by Gasteiger charge is 2.42. The van der Waals surface area contributed by atoms with Gasteiger partial charge in [-0.3, -0.25) is 9.78 Å². The van der Waals surface area contributed by atoms with Gasteiger partial charge in [-0.2, -0.15) is 5.10 Å². The number of hydrogen-bond acceptors (Lipinski definition) is 5. The number of H-pyrrole nitrogens is 2. The fourth-order valence-corrected chi connectivity index (χ4v) is 3.80. The zero-order chi connectivity index (χ0) is 21.8. The van der Waals surface area contributed by atoms with Gasteiger partial charge in [-0.25, -0.2) is 14.3 Å². The number of aromatic amines is 2. The van der Waals surface area contributed by atoms with Crippen molar-refractivity contribution in [3.05, 3.63) is 80.9 Å². The first-order valence-electron chi connectivity index (χ1n) is 9.31. The number of benzene rings is 1. The van der Waals surface area contributed by atoms with Gasteiger partial charge < -0.3 is 9.72 Å². The highest BCUT2D eigenvalue weighted by Crippen LogP contribution is 2.56. The van der Waals surface area contributed by atoms with E-state index < -0.39 is 17.6 Å². The molecule has 1 saturated carbocycles. The Balaban J connectivity index is 1.52. The van der Waals surface area contributed by atoms with Crippen LogP contribution in [0.4, 0.5) is 13.2 Å². The molecular weight excluding hydrogens is 415 g/mol. The van der Waals surface area contributed by atoms with Gasteiger partial charge in [0.05, 0.1) is 11.3 Å². The highest BCUT2D eigenvalue weighted by molar-refractivity contribution is 5.63. The summed E-state index contributed by atoms with van der Waals surface area (Å²) in [5, 5.41) is 4.39. The number of aromatic nitrogens is 5. The van der Waals surface area contributed by atoms with Crippen molar-refractivity contribution in [3.63, 3.8) is 0 Å². The third-order valence-electron chi connectivity index (χ3n) is 5.19. The number of hydrogen-bond donors (Lipinski definition) is 2. The molecule has 11 heteroatoms. The number of nitrogens with zero attached hydrogens (tertiary/aromatic N) is 3. The molecule has 2 atom stereocenters. The Labute approximate surface area is 171 Å². The Morgan fingerprint density at radius 3 is 2.77 bits per heavy atom. The van der Waals surface area contributed by atoms with Crippen LogP contribution in [0.3, 0.4) is 0 Å². The molecule has 0 unspecified atom stereocenters. The summed E-state index contributed by atoms with van der Waals surface area (Å²) in [6.45, 7) is 0. The lowest BCUT2D eigenvalue weighted by atomic mass is 10.0. The Kier molecular flexibility index (Phi) is 4.20. The fraction of sp³-hybridized carbons (Fsp3) is 0.200. The molecule has 1 aromatic carbocycles. The molecule has 8 nitrogen and oxygen atoms in total. The van der Waals surface area contributed by atoms with E-state index in [1.807, 2.05) is 0 Å². The Morgan fingerprint density at radius 1 is 1.16 bits per heavy atom. The van der Waals surface area contributed by atoms with Gasteiger partial charge in [0, 0.05) is 24.2 Å². The van der Waals surface area contributed by atoms with Crippen LogP contribution in [-0.4, -0.2) is 30.9 Å². The van der Waals surface area contributed by atoms with Crippen molar-refractivity contribution >= 4 is 5.65 Å². The largest absolute Gasteiger partial charge is 0.573 e. The van der Waals surface area contributed by atoms with E-state index in [1.165, 1.54) is 28.9 Å². The minimum atomic E-state index is -4.76. The number of imidazole rings is 1. The van der Waals surface area contributed by atoms with E-state index >= 15 is 0 Å². The molecule has 1 aliphatic carbocycles. The number of alkyl halides is 3. The second-order valence-electron chi connectivity index (χ2n) is 7.23. The standard InChI is InChI=1S/C20H14F3N5O3/c21-20(22,23)31-11-3-1-2-10(6-11)12-7-13(12)14-8-16(27-28-5-4-24-17(14)28)15-9-25-19(30)26-18(15)29/h1-6,8-9,12-13H,7H2,(H2,25,26,29,30)/t12-,13+/m0/s1. The van der Waals surface area contributed by atoms with Crippen molar-refractivity contribution in [3.8, 4) is 17.0 Å². The molecular formula is C20H14F3N5O3. The summed E-state index contributed by atoms with van der Waals surface area (Å²) < 4.78 is 43.2. The molecule has 158 valence electrons. The van der Waals surface area contributed by atoms with Crippen molar-refractivity contribution in [1.82, 2.24) is 24.6 Å². The number of rotatable bonds is 4. The summed E-state index contributed by atoms with van der Waals surface area (Å²) in [7, 11) is 0. The summed E-state index contributed by atoms with van der Waals surface area (Å²) in [5.74, 6) is -0.312. The van der Waals surface area contributed by atoms with Crippen LogP contribution < -0.4 is 16.0 Å². The van der Waals surface area contributed by atoms with Gasteiger partial charge in [0.15, 0.2) is 5.65 Å². The molecule has 0 radical (unpaired) electrons. The SMILES string of the molecule is O=c1[nH]cc(-c2cc([C@@H]3C[C@H]3c3cccc(OC(F)(F)F)c3)c3nccn3n2)c(=O)[nH]1. The van der Waals surface area contributed by atoms with Crippen molar-refractivity contribution in [2.45, 2.75) is 24.6 Å². The number of ether oxygens (including phenoxy) is 1. The van der Waals surface area contributed by atoms with E-state index in [-0.39, 0.29) is 23.1 Å². The van der Waals surface area contributed by atoms with E-state index in [4.69, 9.17) is 0 Å². The molecule has 31 heavy (non-hydrogen) atoms. The van der Waals surface area contributed by atoms with Crippen LogP contribution in [-0.2, 0) is 0 Å². The van der Waals surface area contributed by atoms with Gasteiger partial charge >= 0.3 is 12.1 Å². The van der Waals surface area contributed by atoms with Crippen molar-refractivity contribution < 1.29 is 17.9 Å².